The van der Waals surface area contributed by atoms with Crippen LogP contribution >= 0.6 is 12.4 Å². The highest BCUT2D eigenvalue weighted by Crippen LogP contribution is 2.27. The van der Waals surface area contributed by atoms with E-state index in [-0.39, 0.29) is 18.3 Å². The van der Waals surface area contributed by atoms with Crippen molar-refractivity contribution < 1.29 is 9.53 Å². The van der Waals surface area contributed by atoms with Crippen LogP contribution in [0.4, 0.5) is 5.69 Å². The molecule has 19 heavy (non-hydrogen) atoms. The lowest BCUT2D eigenvalue weighted by Gasteiger charge is -2.03. The Kier molecular flexibility index (Phi) is 6.83. The molecule has 0 aromatic carbocycles. The first-order valence-corrected chi connectivity index (χ1v) is 6.30. The maximum absolute atomic E-state index is 11.6. The lowest BCUT2D eigenvalue weighted by molar-refractivity contribution is -0.115. The van der Waals surface area contributed by atoms with Gasteiger partial charge in [0.05, 0.1) is 31.6 Å². The Labute approximate surface area is 119 Å². The Balaban J connectivity index is 0.00000180. The van der Waals surface area contributed by atoms with Gasteiger partial charge in [0, 0.05) is 13.3 Å². The maximum Gasteiger partial charge on any atom is 0.238 e. The zero-order valence-corrected chi connectivity index (χ0v) is 11.9. The van der Waals surface area contributed by atoms with Crippen molar-refractivity contribution in [3.63, 3.8) is 0 Å². The lowest BCUT2D eigenvalue weighted by Crippen LogP contribution is -2.29. The molecule has 1 aromatic rings. The van der Waals surface area contributed by atoms with Crippen LogP contribution in [0.15, 0.2) is 12.4 Å². The lowest BCUT2D eigenvalue weighted by atomic mass is 10.4. The smallest absolute Gasteiger partial charge is 0.238 e. The number of halogens is 1. The fourth-order valence-corrected chi connectivity index (χ4v) is 1.65. The van der Waals surface area contributed by atoms with Crippen LogP contribution in [0.25, 0.3) is 0 Å². The summed E-state index contributed by atoms with van der Waals surface area (Å²) in [4.78, 5) is 11.6. The quantitative estimate of drug-likeness (QED) is 0.745. The van der Waals surface area contributed by atoms with Crippen LogP contribution in [-0.2, 0) is 16.1 Å². The van der Waals surface area contributed by atoms with E-state index in [2.05, 4.69) is 15.7 Å². The highest BCUT2D eigenvalue weighted by Gasteiger charge is 2.20. The largest absolute Gasteiger partial charge is 0.383 e. The number of ether oxygens (including phenoxy) is 1. The van der Waals surface area contributed by atoms with E-state index in [1.165, 1.54) is 12.8 Å². The number of amides is 1. The monoisotopic (exact) mass is 288 g/mol. The number of hydrogen-bond acceptors (Lipinski definition) is 4. The van der Waals surface area contributed by atoms with Crippen LogP contribution < -0.4 is 10.6 Å². The summed E-state index contributed by atoms with van der Waals surface area (Å²) in [7, 11) is 1.65. The van der Waals surface area contributed by atoms with Gasteiger partial charge in [0.1, 0.15) is 0 Å². The number of anilines is 1. The van der Waals surface area contributed by atoms with Crippen molar-refractivity contribution in [3.05, 3.63) is 12.4 Å². The van der Waals surface area contributed by atoms with Gasteiger partial charge < -0.3 is 15.4 Å². The van der Waals surface area contributed by atoms with Crippen molar-refractivity contribution in [2.45, 2.75) is 19.4 Å². The van der Waals surface area contributed by atoms with Crippen LogP contribution in [0.2, 0.25) is 0 Å². The molecule has 108 valence electrons. The Hall–Kier alpha value is -1.11. The first kappa shape index (κ1) is 15.9. The molecule has 1 saturated carbocycles. The molecule has 0 unspecified atom stereocenters. The van der Waals surface area contributed by atoms with Gasteiger partial charge >= 0.3 is 0 Å². The normalized spacial score (nSPS) is 13.9. The minimum absolute atomic E-state index is 0. The third-order valence-electron chi connectivity index (χ3n) is 2.86. The highest BCUT2D eigenvalue weighted by atomic mass is 35.5. The number of rotatable bonds is 8. The number of aromatic nitrogens is 2. The van der Waals surface area contributed by atoms with Crippen molar-refractivity contribution in [2.24, 2.45) is 5.92 Å². The molecular formula is C12H21ClN4O2. The molecule has 1 amide bonds. The molecule has 2 rings (SSSR count). The van der Waals surface area contributed by atoms with Gasteiger partial charge in [0.25, 0.3) is 0 Å². The highest BCUT2D eigenvalue weighted by molar-refractivity contribution is 5.91. The number of nitrogens with zero attached hydrogens (tertiary/aromatic N) is 2. The van der Waals surface area contributed by atoms with Gasteiger partial charge in [-0.15, -0.1) is 12.4 Å². The topological polar surface area (TPSA) is 68.2 Å². The van der Waals surface area contributed by atoms with Crippen LogP contribution in [-0.4, -0.2) is 42.5 Å². The molecule has 0 atom stereocenters. The predicted octanol–water partition coefficient (Wildman–Crippen LogP) is 0.889. The van der Waals surface area contributed by atoms with Crippen molar-refractivity contribution in [1.82, 2.24) is 15.1 Å². The fraction of sp³-hybridized carbons (Fsp3) is 0.667. The minimum atomic E-state index is -0.0260. The first-order valence-electron chi connectivity index (χ1n) is 6.30. The van der Waals surface area contributed by atoms with E-state index in [0.717, 1.165) is 18.2 Å². The molecule has 0 saturated heterocycles. The summed E-state index contributed by atoms with van der Waals surface area (Å²) in [6, 6.07) is 0. The summed E-state index contributed by atoms with van der Waals surface area (Å²) < 4.78 is 6.71. The van der Waals surface area contributed by atoms with Crippen LogP contribution in [0, 0.1) is 5.92 Å². The van der Waals surface area contributed by atoms with Gasteiger partial charge in [-0.25, -0.2) is 0 Å². The van der Waals surface area contributed by atoms with Crippen molar-refractivity contribution in [1.29, 1.82) is 0 Å². The molecule has 0 radical (unpaired) electrons. The third kappa shape index (κ3) is 6.04. The molecule has 0 bridgehead atoms. The zero-order chi connectivity index (χ0) is 12.8. The van der Waals surface area contributed by atoms with E-state index in [9.17, 15) is 4.79 Å². The average Bonchev–Trinajstić information content (AvgIpc) is 3.06. The van der Waals surface area contributed by atoms with E-state index in [1.54, 1.807) is 24.2 Å². The van der Waals surface area contributed by atoms with Gasteiger partial charge in [-0.2, -0.15) is 5.10 Å². The SMILES string of the molecule is COCCn1cc(NC(=O)CNCC2CC2)cn1.Cl. The van der Waals surface area contributed by atoms with Crippen molar-refractivity contribution in [2.75, 3.05) is 32.1 Å². The fourth-order valence-electron chi connectivity index (χ4n) is 1.65. The molecule has 0 aliphatic heterocycles. The van der Waals surface area contributed by atoms with Crippen LogP contribution in [0.3, 0.4) is 0 Å². The molecule has 2 N–H and O–H groups in total. The Bertz CT molecular complexity index is 393. The van der Waals surface area contributed by atoms with E-state index < -0.39 is 0 Å². The van der Waals surface area contributed by atoms with Crippen LogP contribution in [0.1, 0.15) is 12.8 Å². The van der Waals surface area contributed by atoms with Gasteiger partial charge in [-0.1, -0.05) is 0 Å². The predicted molar refractivity (Wildman–Crippen MR) is 75.6 cm³/mol. The third-order valence-corrected chi connectivity index (χ3v) is 2.86. The van der Waals surface area contributed by atoms with E-state index in [0.29, 0.717) is 19.7 Å². The summed E-state index contributed by atoms with van der Waals surface area (Å²) in [6.07, 6.45) is 6.04. The number of nitrogens with one attached hydrogen (secondary N) is 2. The Morgan fingerprint density at radius 1 is 1.58 bits per heavy atom. The molecular weight excluding hydrogens is 268 g/mol. The van der Waals surface area contributed by atoms with E-state index in [1.807, 2.05) is 0 Å². The van der Waals surface area contributed by atoms with Crippen LogP contribution in [0.5, 0.6) is 0 Å². The van der Waals surface area contributed by atoms with Crippen molar-refractivity contribution in [3.8, 4) is 0 Å². The first-order chi connectivity index (χ1) is 8.78. The summed E-state index contributed by atoms with van der Waals surface area (Å²) in [5, 5.41) is 10.1. The summed E-state index contributed by atoms with van der Waals surface area (Å²) in [5.41, 5.74) is 0.726. The van der Waals surface area contributed by atoms with Crippen molar-refractivity contribution >= 4 is 24.0 Å². The molecule has 1 heterocycles. The molecule has 7 heteroatoms. The van der Waals surface area contributed by atoms with Gasteiger partial charge in [-0.05, 0) is 25.3 Å². The molecule has 1 aromatic heterocycles. The number of carbonyl (C=O) groups excluding carboxylic acids is 1. The average molecular weight is 289 g/mol. The number of methoxy groups -OCH3 is 1. The van der Waals surface area contributed by atoms with Gasteiger partial charge in [-0.3, -0.25) is 9.48 Å². The second-order valence-electron chi connectivity index (χ2n) is 4.61. The molecule has 1 aliphatic rings. The number of hydrogen-bond donors (Lipinski definition) is 2. The molecule has 0 spiro atoms. The summed E-state index contributed by atoms with van der Waals surface area (Å²) in [6.45, 7) is 2.60. The second kappa shape index (κ2) is 8.14. The van der Waals surface area contributed by atoms with Gasteiger partial charge in [0.2, 0.25) is 5.91 Å². The second-order valence-corrected chi connectivity index (χ2v) is 4.61. The molecule has 1 aliphatic carbocycles. The summed E-state index contributed by atoms with van der Waals surface area (Å²) >= 11 is 0. The van der Waals surface area contributed by atoms with E-state index in [4.69, 9.17) is 4.74 Å². The Morgan fingerprint density at radius 2 is 2.37 bits per heavy atom. The summed E-state index contributed by atoms with van der Waals surface area (Å²) in [5.74, 6) is 0.761. The molecule has 6 nitrogen and oxygen atoms in total. The Morgan fingerprint density at radius 3 is 3.05 bits per heavy atom. The number of carbonyl (C=O) groups is 1. The zero-order valence-electron chi connectivity index (χ0n) is 11.1. The van der Waals surface area contributed by atoms with Gasteiger partial charge in [0.15, 0.2) is 0 Å². The molecule has 1 fully saturated rings. The minimum Gasteiger partial charge on any atom is -0.383 e. The van der Waals surface area contributed by atoms with E-state index >= 15 is 0 Å². The standard InChI is InChI=1S/C12H20N4O2.ClH/c1-18-5-4-16-9-11(7-14-16)15-12(17)8-13-6-10-2-3-10;/h7,9-10,13H,2-6,8H2,1H3,(H,15,17);1H. The maximum atomic E-state index is 11.6.